The summed E-state index contributed by atoms with van der Waals surface area (Å²) in [6.45, 7) is 4.55. The Morgan fingerprint density at radius 2 is 2.33 bits per heavy atom. The van der Waals surface area contributed by atoms with E-state index in [1.807, 2.05) is 6.20 Å². The normalized spacial score (nSPS) is 26.1. The van der Waals surface area contributed by atoms with Crippen LogP contribution >= 0.6 is 0 Å². The SMILES string of the molecule is Cc1cnc(C[C@@H]2CCNC2)n1C1CC1. The molecule has 3 heteroatoms. The standard InChI is InChI=1S/C12H19N3/c1-9-7-14-12(15(9)11-2-3-11)6-10-4-5-13-8-10/h7,10-11,13H,2-6,8H2,1H3/t10-/m0/s1. The Hall–Kier alpha value is -0.830. The topological polar surface area (TPSA) is 29.9 Å². The van der Waals surface area contributed by atoms with E-state index in [0.717, 1.165) is 18.4 Å². The molecule has 2 aliphatic rings. The third kappa shape index (κ3) is 1.81. The van der Waals surface area contributed by atoms with Crippen LogP contribution in [0, 0.1) is 12.8 Å². The fourth-order valence-corrected chi connectivity index (χ4v) is 2.63. The van der Waals surface area contributed by atoms with E-state index in [9.17, 15) is 0 Å². The van der Waals surface area contributed by atoms with Crippen LogP contribution < -0.4 is 5.32 Å². The molecule has 0 bridgehead atoms. The van der Waals surface area contributed by atoms with E-state index in [1.54, 1.807) is 0 Å². The van der Waals surface area contributed by atoms with Crippen molar-refractivity contribution in [2.45, 2.75) is 38.6 Å². The van der Waals surface area contributed by atoms with Crippen LogP contribution in [0.1, 0.15) is 36.8 Å². The average molecular weight is 205 g/mol. The maximum absolute atomic E-state index is 4.58. The van der Waals surface area contributed by atoms with Crippen LogP contribution in [-0.2, 0) is 6.42 Å². The summed E-state index contributed by atoms with van der Waals surface area (Å²) in [7, 11) is 0. The highest BCUT2D eigenvalue weighted by Crippen LogP contribution is 2.37. The molecule has 1 aromatic rings. The van der Waals surface area contributed by atoms with Gasteiger partial charge in [-0.25, -0.2) is 4.98 Å². The van der Waals surface area contributed by atoms with Crippen LogP contribution in [0.5, 0.6) is 0 Å². The summed E-state index contributed by atoms with van der Waals surface area (Å²) in [6.07, 6.45) is 7.23. The molecule has 1 aromatic heterocycles. The van der Waals surface area contributed by atoms with Gasteiger partial charge in [-0.05, 0) is 45.2 Å². The van der Waals surface area contributed by atoms with Crippen molar-refractivity contribution in [1.82, 2.24) is 14.9 Å². The van der Waals surface area contributed by atoms with Crippen molar-refractivity contribution in [3.8, 4) is 0 Å². The molecule has 0 aromatic carbocycles. The van der Waals surface area contributed by atoms with Crippen molar-refractivity contribution in [3.05, 3.63) is 17.7 Å². The van der Waals surface area contributed by atoms with Crippen LogP contribution in [0.15, 0.2) is 6.20 Å². The monoisotopic (exact) mass is 205 g/mol. The number of hydrogen-bond acceptors (Lipinski definition) is 2. The van der Waals surface area contributed by atoms with Crippen molar-refractivity contribution in [2.24, 2.45) is 5.92 Å². The Morgan fingerprint density at radius 3 is 3.00 bits per heavy atom. The largest absolute Gasteiger partial charge is 0.329 e. The van der Waals surface area contributed by atoms with Gasteiger partial charge in [-0.3, -0.25) is 0 Å². The average Bonchev–Trinajstić information content (AvgIpc) is 2.80. The van der Waals surface area contributed by atoms with Gasteiger partial charge >= 0.3 is 0 Å². The Kier molecular flexibility index (Phi) is 2.28. The Labute approximate surface area is 90.9 Å². The van der Waals surface area contributed by atoms with Gasteiger partial charge in [0.15, 0.2) is 0 Å². The number of imidazole rings is 1. The highest BCUT2D eigenvalue weighted by molar-refractivity contribution is 5.09. The van der Waals surface area contributed by atoms with E-state index >= 15 is 0 Å². The second kappa shape index (κ2) is 3.63. The first-order chi connectivity index (χ1) is 7.34. The predicted molar refractivity (Wildman–Crippen MR) is 59.9 cm³/mol. The summed E-state index contributed by atoms with van der Waals surface area (Å²) >= 11 is 0. The first-order valence-electron chi connectivity index (χ1n) is 6.08. The van der Waals surface area contributed by atoms with E-state index in [4.69, 9.17) is 0 Å². The molecule has 3 nitrogen and oxygen atoms in total. The van der Waals surface area contributed by atoms with E-state index in [0.29, 0.717) is 0 Å². The van der Waals surface area contributed by atoms with Gasteiger partial charge in [-0.15, -0.1) is 0 Å². The number of nitrogens with one attached hydrogen (secondary N) is 1. The zero-order valence-corrected chi connectivity index (χ0v) is 9.37. The fraction of sp³-hybridized carbons (Fsp3) is 0.750. The minimum atomic E-state index is 0.775. The van der Waals surface area contributed by atoms with Gasteiger partial charge < -0.3 is 9.88 Å². The highest BCUT2D eigenvalue weighted by atomic mass is 15.1. The molecule has 2 heterocycles. The Morgan fingerprint density at radius 1 is 1.47 bits per heavy atom. The molecule has 0 radical (unpaired) electrons. The molecule has 0 amide bonds. The van der Waals surface area contributed by atoms with Crippen LogP contribution in [0.4, 0.5) is 0 Å². The molecule has 0 unspecified atom stereocenters. The Bertz CT molecular complexity index is 346. The number of aryl methyl sites for hydroxylation is 1. The maximum Gasteiger partial charge on any atom is 0.109 e. The predicted octanol–water partition coefficient (Wildman–Crippen LogP) is 1.68. The lowest BCUT2D eigenvalue weighted by atomic mass is 10.0. The van der Waals surface area contributed by atoms with Crippen molar-refractivity contribution in [3.63, 3.8) is 0 Å². The van der Waals surface area contributed by atoms with Gasteiger partial charge in [0.1, 0.15) is 5.82 Å². The lowest BCUT2D eigenvalue weighted by Crippen LogP contribution is -2.14. The Balaban J connectivity index is 1.78. The van der Waals surface area contributed by atoms with Crippen molar-refractivity contribution >= 4 is 0 Å². The quantitative estimate of drug-likeness (QED) is 0.813. The van der Waals surface area contributed by atoms with Crippen LogP contribution in [0.25, 0.3) is 0 Å². The van der Waals surface area contributed by atoms with E-state index in [1.165, 1.54) is 43.9 Å². The van der Waals surface area contributed by atoms with Gasteiger partial charge in [0, 0.05) is 24.4 Å². The zero-order chi connectivity index (χ0) is 10.3. The van der Waals surface area contributed by atoms with Crippen molar-refractivity contribution < 1.29 is 0 Å². The van der Waals surface area contributed by atoms with Crippen LogP contribution in [0.3, 0.4) is 0 Å². The minimum Gasteiger partial charge on any atom is -0.329 e. The summed E-state index contributed by atoms with van der Waals surface area (Å²) in [4.78, 5) is 4.58. The third-order valence-corrected chi connectivity index (χ3v) is 3.60. The summed E-state index contributed by atoms with van der Waals surface area (Å²) in [5.41, 5.74) is 1.35. The first kappa shape index (κ1) is 9.40. The summed E-state index contributed by atoms with van der Waals surface area (Å²) in [5.74, 6) is 2.13. The molecular formula is C12H19N3. The number of hydrogen-bond donors (Lipinski definition) is 1. The summed E-state index contributed by atoms with van der Waals surface area (Å²) in [5, 5.41) is 3.43. The second-order valence-corrected chi connectivity index (χ2v) is 4.98. The van der Waals surface area contributed by atoms with E-state index in [-0.39, 0.29) is 0 Å². The van der Waals surface area contributed by atoms with Gasteiger partial charge in [-0.1, -0.05) is 0 Å². The highest BCUT2D eigenvalue weighted by Gasteiger charge is 2.28. The number of rotatable bonds is 3. The molecule has 1 N–H and O–H groups in total. The molecule has 2 fully saturated rings. The fourth-order valence-electron chi connectivity index (χ4n) is 2.63. The minimum absolute atomic E-state index is 0.775. The lowest BCUT2D eigenvalue weighted by Gasteiger charge is -2.11. The van der Waals surface area contributed by atoms with Crippen molar-refractivity contribution in [2.75, 3.05) is 13.1 Å². The van der Waals surface area contributed by atoms with E-state index < -0.39 is 0 Å². The maximum atomic E-state index is 4.58. The van der Waals surface area contributed by atoms with Gasteiger partial charge in [0.2, 0.25) is 0 Å². The molecule has 1 aliphatic carbocycles. The number of aromatic nitrogens is 2. The number of nitrogens with zero attached hydrogens (tertiary/aromatic N) is 2. The molecule has 1 saturated carbocycles. The second-order valence-electron chi connectivity index (χ2n) is 4.98. The molecule has 15 heavy (non-hydrogen) atoms. The molecule has 82 valence electrons. The molecular weight excluding hydrogens is 186 g/mol. The zero-order valence-electron chi connectivity index (χ0n) is 9.37. The van der Waals surface area contributed by atoms with Crippen molar-refractivity contribution in [1.29, 1.82) is 0 Å². The first-order valence-corrected chi connectivity index (χ1v) is 6.08. The van der Waals surface area contributed by atoms with E-state index in [2.05, 4.69) is 21.8 Å². The van der Waals surface area contributed by atoms with Gasteiger partial charge in [0.05, 0.1) is 0 Å². The molecule has 1 aliphatic heterocycles. The molecule has 1 saturated heterocycles. The van der Waals surface area contributed by atoms with Crippen LogP contribution in [-0.4, -0.2) is 22.6 Å². The molecule has 3 rings (SSSR count). The van der Waals surface area contributed by atoms with Gasteiger partial charge in [0.25, 0.3) is 0 Å². The molecule has 0 spiro atoms. The van der Waals surface area contributed by atoms with Gasteiger partial charge in [-0.2, -0.15) is 0 Å². The summed E-state index contributed by atoms with van der Waals surface area (Å²) in [6, 6.07) is 0.775. The van der Waals surface area contributed by atoms with Crippen LogP contribution in [0.2, 0.25) is 0 Å². The lowest BCUT2D eigenvalue weighted by molar-refractivity contribution is 0.533. The smallest absolute Gasteiger partial charge is 0.109 e. The third-order valence-electron chi connectivity index (χ3n) is 3.60. The molecule has 1 atom stereocenters. The summed E-state index contributed by atoms with van der Waals surface area (Å²) < 4.78 is 2.47.